The summed E-state index contributed by atoms with van der Waals surface area (Å²) in [6.45, 7) is 0.957. The molecule has 1 aliphatic rings. The number of rotatable bonds is 5. The number of alkyl halides is 3. The lowest BCUT2D eigenvalue weighted by Crippen LogP contribution is -2.37. The van der Waals surface area contributed by atoms with E-state index < -0.39 is 36.0 Å². The third kappa shape index (κ3) is 5.47. The summed E-state index contributed by atoms with van der Waals surface area (Å²) >= 11 is 0. The second-order valence-corrected chi connectivity index (χ2v) is 6.46. The highest BCUT2D eigenvalue weighted by atomic mass is 19.4. The van der Waals surface area contributed by atoms with Crippen molar-refractivity contribution in [2.45, 2.75) is 6.18 Å². The van der Waals surface area contributed by atoms with Gasteiger partial charge < -0.3 is 19.7 Å². The Morgan fingerprint density at radius 2 is 1.83 bits per heavy atom. The number of morpholine rings is 1. The lowest BCUT2D eigenvalue weighted by atomic mass is 10.1. The monoisotopic (exact) mass is 426 g/mol. The van der Waals surface area contributed by atoms with Gasteiger partial charge in [-0.25, -0.2) is 9.18 Å². The van der Waals surface area contributed by atoms with Crippen LogP contribution in [0.3, 0.4) is 0 Å². The highest BCUT2D eigenvalue weighted by Gasteiger charge is 2.32. The summed E-state index contributed by atoms with van der Waals surface area (Å²) in [6, 6.07) is 7.76. The highest BCUT2D eigenvalue weighted by Crippen LogP contribution is 2.35. The maximum Gasteiger partial charge on any atom is 0.416 e. The average molecular weight is 426 g/mol. The van der Waals surface area contributed by atoms with Crippen LogP contribution in [0.25, 0.3) is 0 Å². The van der Waals surface area contributed by atoms with E-state index in [2.05, 4.69) is 5.32 Å². The van der Waals surface area contributed by atoms with Gasteiger partial charge in [0.25, 0.3) is 5.91 Å². The van der Waals surface area contributed by atoms with Gasteiger partial charge in [-0.2, -0.15) is 13.2 Å². The van der Waals surface area contributed by atoms with Gasteiger partial charge in [0.05, 0.1) is 35.7 Å². The first-order valence-electron chi connectivity index (χ1n) is 9.00. The molecule has 30 heavy (non-hydrogen) atoms. The van der Waals surface area contributed by atoms with Crippen molar-refractivity contribution in [2.24, 2.45) is 0 Å². The van der Waals surface area contributed by atoms with Crippen LogP contribution < -0.4 is 10.2 Å². The number of anilines is 2. The van der Waals surface area contributed by atoms with Crippen LogP contribution in [0.4, 0.5) is 28.9 Å². The second-order valence-electron chi connectivity index (χ2n) is 6.46. The predicted molar refractivity (Wildman–Crippen MR) is 99.8 cm³/mol. The van der Waals surface area contributed by atoms with Crippen molar-refractivity contribution in [3.8, 4) is 0 Å². The molecule has 0 unspecified atom stereocenters. The van der Waals surface area contributed by atoms with Crippen molar-refractivity contribution in [3.05, 3.63) is 59.4 Å². The summed E-state index contributed by atoms with van der Waals surface area (Å²) < 4.78 is 62.6. The lowest BCUT2D eigenvalue weighted by molar-refractivity contribution is -0.137. The maximum absolute atomic E-state index is 13.2. The number of nitrogens with zero attached hydrogens (tertiary/aromatic N) is 1. The minimum absolute atomic E-state index is 0.0569. The minimum atomic E-state index is -4.59. The molecule has 0 saturated carbocycles. The number of ether oxygens (including phenoxy) is 2. The van der Waals surface area contributed by atoms with E-state index in [-0.39, 0.29) is 11.3 Å². The molecule has 6 nitrogen and oxygen atoms in total. The summed E-state index contributed by atoms with van der Waals surface area (Å²) in [5, 5.41) is 2.37. The van der Waals surface area contributed by atoms with Crippen LogP contribution in [0.5, 0.6) is 0 Å². The van der Waals surface area contributed by atoms with Crippen molar-refractivity contribution >= 4 is 23.3 Å². The molecular formula is C20H18F4N2O4. The summed E-state index contributed by atoms with van der Waals surface area (Å²) in [5.74, 6) is -2.40. The Balaban J connectivity index is 1.72. The number of esters is 1. The number of hydrogen-bond acceptors (Lipinski definition) is 5. The van der Waals surface area contributed by atoms with E-state index in [0.29, 0.717) is 32.0 Å². The van der Waals surface area contributed by atoms with Gasteiger partial charge in [0.2, 0.25) is 0 Å². The fourth-order valence-corrected chi connectivity index (χ4v) is 2.91. The van der Waals surface area contributed by atoms with Crippen molar-refractivity contribution in [2.75, 3.05) is 43.1 Å². The van der Waals surface area contributed by atoms with Gasteiger partial charge >= 0.3 is 12.1 Å². The molecule has 160 valence electrons. The molecule has 0 atom stereocenters. The molecular weight excluding hydrogens is 408 g/mol. The number of amides is 1. The Bertz CT molecular complexity index is 927. The Hall–Kier alpha value is -3.14. The maximum atomic E-state index is 13.2. The smallest absolute Gasteiger partial charge is 0.416 e. The van der Waals surface area contributed by atoms with E-state index in [9.17, 15) is 27.2 Å². The van der Waals surface area contributed by atoms with Crippen LogP contribution in [0.1, 0.15) is 15.9 Å². The molecule has 1 N–H and O–H groups in total. The Kier molecular flexibility index (Phi) is 6.56. The minimum Gasteiger partial charge on any atom is -0.452 e. The van der Waals surface area contributed by atoms with Crippen LogP contribution in [0, 0.1) is 5.82 Å². The van der Waals surface area contributed by atoms with Crippen molar-refractivity contribution < 1.29 is 36.6 Å². The predicted octanol–water partition coefficient (Wildman–Crippen LogP) is 3.48. The SMILES string of the molecule is O=C(COC(=O)c1cccc(F)c1)Nc1cc(C(F)(F)F)ccc1N1CCOCC1. The third-order valence-electron chi connectivity index (χ3n) is 4.34. The molecule has 10 heteroatoms. The van der Waals surface area contributed by atoms with Gasteiger partial charge in [-0.15, -0.1) is 0 Å². The topological polar surface area (TPSA) is 67.9 Å². The first-order valence-corrected chi connectivity index (χ1v) is 9.00. The van der Waals surface area contributed by atoms with E-state index in [1.165, 1.54) is 18.2 Å². The fraction of sp³-hybridized carbons (Fsp3) is 0.300. The van der Waals surface area contributed by atoms with Crippen LogP contribution in [0.2, 0.25) is 0 Å². The number of nitrogens with one attached hydrogen (secondary N) is 1. The van der Waals surface area contributed by atoms with Crippen molar-refractivity contribution in [3.63, 3.8) is 0 Å². The molecule has 0 aromatic heterocycles. The third-order valence-corrected chi connectivity index (χ3v) is 4.34. The van der Waals surface area contributed by atoms with Crippen molar-refractivity contribution in [1.82, 2.24) is 0 Å². The molecule has 1 saturated heterocycles. The molecule has 1 amide bonds. The lowest BCUT2D eigenvalue weighted by Gasteiger charge is -2.31. The number of carbonyl (C=O) groups is 2. The molecule has 2 aromatic carbocycles. The van der Waals surface area contributed by atoms with Gasteiger partial charge in [-0.1, -0.05) is 6.07 Å². The highest BCUT2D eigenvalue weighted by molar-refractivity contribution is 5.97. The zero-order chi connectivity index (χ0) is 21.7. The first-order chi connectivity index (χ1) is 14.2. The Morgan fingerprint density at radius 1 is 1.10 bits per heavy atom. The largest absolute Gasteiger partial charge is 0.452 e. The number of halogens is 4. The summed E-state index contributed by atoms with van der Waals surface area (Å²) in [4.78, 5) is 25.9. The average Bonchev–Trinajstić information content (AvgIpc) is 2.72. The van der Waals surface area contributed by atoms with Gasteiger partial charge in [-0.05, 0) is 36.4 Å². The summed E-state index contributed by atoms with van der Waals surface area (Å²) in [6.07, 6.45) is -4.59. The first kappa shape index (κ1) is 21.6. The Labute approximate surface area is 169 Å². The van der Waals surface area contributed by atoms with Crippen molar-refractivity contribution in [1.29, 1.82) is 0 Å². The van der Waals surface area contributed by atoms with Gasteiger partial charge in [0, 0.05) is 13.1 Å². The molecule has 3 rings (SSSR count). The molecule has 1 fully saturated rings. The number of benzene rings is 2. The van der Waals surface area contributed by atoms with Crippen LogP contribution in [-0.2, 0) is 20.4 Å². The van der Waals surface area contributed by atoms with E-state index in [4.69, 9.17) is 9.47 Å². The number of carbonyl (C=O) groups excluding carboxylic acids is 2. The zero-order valence-corrected chi connectivity index (χ0v) is 15.7. The Morgan fingerprint density at radius 3 is 2.50 bits per heavy atom. The van der Waals surface area contributed by atoms with Crippen LogP contribution >= 0.6 is 0 Å². The molecule has 0 radical (unpaired) electrons. The van der Waals surface area contributed by atoms with E-state index in [1.54, 1.807) is 4.90 Å². The molecule has 1 heterocycles. The molecule has 0 spiro atoms. The van der Waals surface area contributed by atoms with Crippen LogP contribution in [-0.4, -0.2) is 44.8 Å². The van der Waals surface area contributed by atoms with E-state index in [1.807, 2.05) is 0 Å². The molecule has 0 bridgehead atoms. The number of hydrogen-bond donors (Lipinski definition) is 1. The molecule has 2 aromatic rings. The van der Waals surface area contributed by atoms with Gasteiger partial charge in [0.15, 0.2) is 6.61 Å². The summed E-state index contributed by atoms with van der Waals surface area (Å²) in [7, 11) is 0. The summed E-state index contributed by atoms with van der Waals surface area (Å²) in [5.41, 5.74) is -0.669. The molecule has 1 aliphatic heterocycles. The zero-order valence-electron chi connectivity index (χ0n) is 15.7. The quantitative estimate of drug-likeness (QED) is 0.586. The fourth-order valence-electron chi connectivity index (χ4n) is 2.91. The van der Waals surface area contributed by atoms with E-state index >= 15 is 0 Å². The second kappa shape index (κ2) is 9.12. The van der Waals surface area contributed by atoms with Crippen LogP contribution in [0.15, 0.2) is 42.5 Å². The van der Waals surface area contributed by atoms with Gasteiger partial charge in [0.1, 0.15) is 5.82 Å². The standard InChI is InChI=1S/C20H18F4N2O4/c21-15-3-1-2-13(10-15)19(28)30-12-18(27)25-16-11-14(20(22,23)24)4-5-17(16)26-6-8-29-9-7-26/h1-5,10-11H,6-9,12H2,(H,25,27). The van der Waals surface area contributed by atoms with Gasteiger partial charge in [-0.3, -0.25) is 4.79 Å². The molecule has 0 aliphatic carbocycles. The normalized spacial score (nSPS) is 14.3. The van der Waals surface area contributed by atoms with E-state index in [0.717, 1.165) is 24.3 Å².